The second kappa shape index (κ2) is 14.5. The lowest BCUT2D eigenvalue weighted by atomic mass is 9.88. The number of aromatic nitrogens is 4. The first-order chi connectivity index (χ1) is 33.8. The van der Waals surface area contributed by atoms with Crippen molar-refractivity contribution in [3.63, 3.8) is 0 Å². The van der Waals surface area contributed by atoms with Crippen LogP contribution in [0, 0.1) is 0 Å². The van der Waals surface area contributed by atoms with E-state index >= 15 is 0 Å². The standard InChI is InChI=1S/C59H37N5/c1-3-15-38(16-4-1)42-20-11-21-43(37-42)58-60-57(61-59(62-58)50-27-14-30-53-55(50)49-25-9-10-28-51(49)63(53)44-22-5-2-6-23-44)41-31-34-45(35-32-41)64-52-29-13-19-40-18-12-26-47(54(40)52)48-36-33-39-17-7-8-24-46(39)56(48)64/h1-37H/i1D,3D,4D,15D,16D. The molecule has 298 valence electrons. The molecule has 12 aromatic rings. The number of benzene rings is 10. The molecule has 0 fully saturated rings. The summed E-state index contributed by atoms with van der Waals surface area (Å²) < 4.78 is 44.8. The van der Waals surface area contributed by atoms with Crippen molar-refractivity contribution < 1.29 is 6.85 Å². The molecule has 0 amide bonds. The molecule has 0 unspecified atom stereocenters. The second-order valence-electron chi connectivity index (χ2n) is 16.0. The van der Waals surface area contributed by atoms with E-state index in [0.717, 1.165) is 66.5 Å². The Bertz CT molecular complexity index is 4060. The number of para-hydroxylation sites is 2. The fourth-order valence-corrected chi connectivity index (χ4v) is 9.62. The first kappa shape index (κ1) is 31.2. The number of anilines is 3. The molecule has 13 rings (SSSR count). The van der Waals surface area contributed by atoms with Crippen molar-refractivity contribution in [2.75, 3.05) is 4.90 Å². The Hall–Kier alpha value is -8.67. The van der Waals surface area contributed by atoms with Gasteiger partial charge in [-0.25, -0.2) is 15.0 Å². The van der Waals surface area contributed by atoms with E-state index in [0.29, 0.717) is 28.6 Å². The molecular formula is C59H37N5. The summed E-state index contributed by atoms with van der Waals surface area (Å²) >= 11 is 0. The fourth-order valence-electron chi connectivity index (χ4n) is 9.62. The summed E-state index contributed by atoms with van der Waals surface area (Å²) in [5.41, 5.74) is 11.4. The van der Waals surface area contributed by atoms with Gasteiger partial charge in [0.15, 0.2) is 17.5 Å². The van der Waals surface area contributed by atoms with E-state index in [-0.39, 0.29) is 17.6 Å². The van der Waals surface area contributed by atoms with Crippen molar-refractivity contribution >= 4 is 60.4 Å². The molecule has 0 N–H and O–H groups in total. The zero-order chi connectivity index (χ0) is 46.5. The van der Waals surface area contributed by atoms with Crippen LogP contribution in [-0.4, -0.2) is 19.5 Å². The average molecular weight is 821 g/mol. The van der Waals surface area contributed by atoms with Crippen LogP contribution in [0.3, 0.4) is 0 Å². The number of hydrogen-bond donors (Lipinski definition) is 0. The highest BCUT2D eigenvalue weighted by Gasteiger charge is 2.28. The molecule has 0 spiro atoms. The van der Waals surface area contributed by atoms with Crippen molar-refractivity contribution in [3.05, 3.63) is 224 Å². The minimum atomic E-state index is -0.440. The number of nitrogens with zero attached hydrogens (tertiary/aromatic N) is 5. The van der Waals surface area contributed by atoms with Gasteiger partial charge in [-0.15, -0.1) is 0 Å². The molecule has 10 aromatic carbocycles. The third-order valence-corrected chi connectivity index (χ3v) is 12.4. The first-order valence-electron chi connectivity index (χ1n) is 23.8. The van der Waals surface area contributed by atoms with Gasteiger partial charge in [-0.1, -0.05) is 164 Å². The number of fused-ring (bicyclic) bond motifs is 7. The maximum absolute atomic E-state index is 8.77. The van der Waals surface area contributed by atoms with Gasteiger partial charge in [-0.2, -0.15) is 0 Å². The summed E-state index contributed by atoms with van der Waals surface area (Å²) in [5, 5.41) is 6.74. The summed E-state index contributed by atoms with van der Waals surface area (Å²) in [6.07, 6.45) is 0. The van der Waals surface area contributed by atoms with Gasteiger partial charge in [0.25, 0.3) is 0 Å². The topological polar surface area (TPSA) is 46.8 Å². The molecular weight excluding hydrogens is 779 g/mol. The lowest BCUT2D eigenvalue weighted by molar-refractivity contribution is 1.08. The van der Waals surface area contributed by atoms with Gasteiger partial charge in [0.05, 0.1) is 29.3 Å². The normalized spacial score (nSPS) is 13.1. The Morgan fingerprint density at radius 2 is 1.03 bits per heavy atom. The molecule has 0 bridgehead atoms. The molecule has 0 aliphatic carbocycles. The molecule has 0 saturated carbocycles. The smallest absolute Gasteiger partial charge is 0.164 e. The van der Waals surface area contributed by atoms with Crippen LogP contribution in [0.4, 0.5) is 17.1 Å². The van der Waals surface area contributed by atoms with Gasteiger partial charge >= 0.3 is 0 Å². The lowest BCUT2D eigenvalue weighted by Crippen LogP contribution is -2.15. The molecule has 64 heavy (non-hydrogen) atoms. The van der Waals surface area contributed by atoms with Crippen LogP contribution in [0.25, 0.3) is 105 Å². The van der Waals surface area contributed by atoms with Crippen molar-refractivity contribution in [1.29, 1.82) is 0 Å². The second-order valence-corrected chi connectivity index (χ2v) is 16.0. The molecule has 1 aliphatic rings. The lowest BCUT2D eigenvalue weighted by Gasteiger charge is -2.34. The highest BCUT2D eigenvalue weighted by molar-refractivity contribution is 6.19. The summed E-state index contributed by atoms with van der Waals surface area (Å²) in [4.78, 5) is 18.0. The molecule has 1 aliphatic heterocycles. The highest BCUT2D eigenvalue weighted by atomic mass is 15.2. The average Bonchev–Trinajstić information content (AvgIpc) is 3.75. The molecule has 5 heteroatoms. The fraction of sp³-hybridized carbons (Fsp3) is 0. The third-order valence-electron chi connectivity index (χ3n) is 12.4. The minimum Gasteiger partial charge on any atom is -0.309 e. The van der Waals surface area contributed by atoms with E-state index < -0.39 is 18.1 Å². The van der Waals surface area contributed by atoms with Crippen molar-refractivity contribution in [1.82, 2.24) is 19.5 Å². The Morgan fingerprint density at radius 3 is 1.89 bits per heavy atom. The Labute approximate surface area is 376 Å². The minimum absolute atomic E-state index is 0.108. The van der Waals surface area contributed by atoms with Crippen molar-refractivity contribution in [2.45, 2.75) is 0 Å². The molecule has 0 atom stereocenters. The van der Waals surface area contributed by atoms with Crippen LogP contribution in [0.5, 0.6) is 0 Å². The van der Waals surface area contributed by atoms with Gasteiger partial charge < -0.3 is 9.47 Å². The van der Waals surface area contributed by atoms with E-state index in [2.05, 4.69) is 149 Å². The van der Waals surface area contributed by atoms with Gasteiger partial charge in [0, 0.05) is 55.2 Å². The first-order valence-corrected chi connectivity index (χ1v) is 21.3. The Kier molecular flexibility index (Phi) is 7.06. The Balaban J connectivity index is 1.02. The summed E-state index contributed by atoms with van der Waals surface area (Å²) in [6.45, 7) is 0. The molecule has 5 nitrogen and oxygen atoms in total. The maximum Gasteiger partial charge on any atom is 0.164 e. The molecule has 0 saturated heterocycles. The summed E-state index contributed by atoms with van der Waals surface area (Å²) in [7, 11) is 0. The van der Waals surface area contributed by atoms with Crippen LogP contribution >= 0.6 is 0 Å². The van der Waals surface area contributed by atoms with Crippen LogP contribution in [0.2, 0.25) is 0 Å². The molecule has 0 radical (unpaired) electrons. The third kappa shape index (κ3) is 5.68. The molecule has 3 heterocycles. The monoisotopic (exact) mass is 820 g/mol. The van der Waals surface area contributed by atoms with E-state index in [1.54, 1.807) is 18.2 Å². The van der Waals surface area contributed by atoms with E-state index in [1.165, 1.54) is 21.9 Å². The van der Waals surface area contributed by atoms with Gasteiger partial charge in [0.2, 0.25) is 0 Å². The zero-order valence-electron chi connectivity index (χ0n) is 39.2. The Morgan fingerprint density at radius 1 is 0.375 bits per heavy atom. The highest BCUT2D eigenvalue weighted by Crippen LogP contribution is 2.53. The van der Waals surface area contributed by atoms with Crippen LogP contribution in [0.1, 0.15) is 6.85 Å². The predicted octanol–water partition coefficient (Wildman–Crippen LogP) is 15.4. The largest absolute Gasteiger partial charge is 0.309 e. The van der Waals surface area contributed by atoms with E-state index in [4.69, 9.17) is 21.8 Å². The van der Waals surface area contributed by atoms with E-state index in [9.17, 15) is 0 Å². The van der Waals surface area contributed by atoms with Crippen LogP contribution in [0.15, 0.2) is 224 Å². The predicted molar refractivity (Wildman–Crippen MR) is 265 cm³/mol. The zero-order valence-corrected chi connectivity index (χ0v) is 34.2. The van der Waals surface area contributed by atoms with Crippen LogP contribution < -0.4 is 4.90 Å². The maximum atomic E-state index is 8.77. The van der Waals surface area contributed by atoms with E-state index in [1.807, 2.05) is 36.4 Å². The summed E-state index contributed by atoms with van der Waals surface area (Å²) in [5.74, 6) is 1.29. The SMILES string of the molecule is [2H]c1c([2H])c([2H])c(-c2cccc(-c3nc(-c4ccc(N5c6c(ccc7ccccc67)-c6cccc7cccc5c67)cc4)nc(-c4cccc5c4c4ccccc4n5-c4ccccc4)n3)c2)c([2H])c1[2H]. The quantitative estimate of drug-likeness (QED) is 0.168. The van der Waals surface area contributed by atoms with Gasteiger partial charge in [-0.05, 0) is 88.1 Å². The number of hydrogen-bond acceptors (Lipinski definition) is 4. The van der Waals surface area contributed by atoms with Crippen molar-refractivity contribution in [2.24, 2.45) is 0 Å². The number of rotatable bonds is 6. The van der Waals surface area contributed by atoms with Gasteiger partial charge in [-0.3, -0.25) is 0 Å². The molecule has 2 aromatic heterocycles. The van der Waals surface area contributed by atoms with Gasteiger partial charge in [0.1, 0.15) is 0 Å². The van der Waals surface area contributed by atoms with Crippen molar-refractivity contribution in [3.8, 4) is 62.1 Å². The summed E-state index contributed by atoms with van der Waals surface area (Å²) in [6, 6.07) is 64.7. The van der Waals surface area contributed by atoms with Crippen LogP contribution in [-0.2, 0) is 0 Å².